The van der Waals surface area contributed by atoms with Crippen LogP contribution < -0.4 is 10.1 Å². The van der Waals surface area contributed by atoms with Gasteiger partial charge >= 0.3 is 0 Å². The summed E-state index contributed by atoms with van der Waals surface area (Å²) in [5.41, 5.74) is 4.92. The molecule has 3 heterocycles. The first-order valence-electron chi connectivity index (χ1n) is 11.7. The second-order valence-electron chi connectivity index (χ2n) is 8.45. The predicted octanol–water partition coefficient (Wildman–Crippen LogP) is 2.82. The molecule has 0 radical (unpaired) electrons. The summed E-state index contributed by atoms with van der Waals surface area (Å²) in [6.45, 7) is 11.2. The van der Waals surface area contributed by atoms with E-state index in [-0.39, 0.29) is 12.5 Å². The lowest BCUT2D eigenvalue weighted by Gasteiger charge is -2.26. The van der Waals surface area contributed by atoms with E-state index in [1.165, 1.54) is 5.56 Å². The zero-order chi connectivity index (χ0) is 23.2. The van der Waals surface area contributed by atoms with Crippen molar-refractivity contribution in [2.75, 3.05) is 46.0 Å². The minimum absolute atomic E-state index is 0.0587. The van der Waals surface area contributed by atoms with Gasteiger partial charge in [0.15, 0.2) is 12.3 Å². The van der Waals surface area contributed by atoms with E-state index in [4.69, 9.17) is 19.6 Å². The molecule has 0 aliphatic carbocycles. The topological polar surface area (TPSA) is 81.5 Å². The van der Waals surface area contributed by atoms with Crippen LogP contribution in [0, 0.1) is 13.8 Å². The average molecular weight is 452 g/mol. The molecule has 0 atom stereocenters. The lowest BCUT2D eigenvalue weighted by molar-refractivity contribution is -0.123. The summed E-state index contributed by atoms with van der Waals surface area (Å²) in [5.74, 6) is 0.302. The summed E-state index contributed by atoms with van der Waals surface area (Å²) < 4.78 is 13.0. The minimum atomic E-state index is -0.139. The largest absolute Gasteiger partial charge is 0.468 e. The van der Waals surface area contributed by atoms with E-state index < -0.39 is 0 Å². The third kappa shape index (κ3) is 5.69. The Balaban J connectivity index is 1.40. The van der Waals surface area contributed by atoms with Gasteiger partial charge in [-0.05, 0) is 50.9 Å². The molecule has 1 saturated heterocycles. The van der Waals surface area contributed by atoms with Crippen LogP contribution >= 0.6 is 0 Å². The van der Waals surface area contributed by atoms with Crippen molar-refractivity contribution in [3.05, 3.63) is 47.2 Å². The first-order valence-corrected chi connectivity index (χ1v) is 11.7. The maximum atomic E-state index is 12.3. The van der Waals surface area contributed by atoms with E-state index in [0.29, 0.717) is 12.4 Å². The number of morpholine rings is 1. The maximum Gasteiger partial charge on any atom is 0.258 e. The monoisotopic (exact) mass is 451 g/mol. The fourth-order valence-electron chi connectivity index (χ4n) is 4.12. The lowest BCUT2D eigenvalue weighted by atomic mass is 10.1. The van der Waals surface area contributed by atoms with Crippen molar-refractivity contribution in [1.82, 2.24) is 25.0 Å². The summed E-state index contributed by atoms with van der Waals surface area (Å²) in [6, 6.07) is 10.1. The van der Waals surface area contributed by atoms with Crippen LogP contribution in [-0.4, -0.2) is 71.6 Å². The van der Waals surface area contributed by atoms with Gasteiger partial charge in [0.05, 0.1) is 24.6 Å². The number of hydrogen-bond donors (Lipinski definition) is 1. The van der Waals surface area contributed by atoms with Gasteiger partial charge in [-0.25, -0.2) is 4.68 Å². The maximum absolute atomic E-state index is 12.3. The lowest BCUT2D eigenvalue weighted by Crippen LogP contribution is -2.38. The number of carbonyl (C=O) groups is 1. The van der Waals surface area contributed by atoms with E-state index in [0.717, 1.165) is 73.7 Å². The molecule has 0 bridgehead atoms. The van der Waals surface area contributed by atoms with Crippen molar-refractivity contribution >= 4 is 16.9 Å². The number of fused-ring (bicyclic) bond motifs is 1. The Kier molecular flexibility index (Phi) is 7.57. The molecule has 3 aromatic rings. The SMILES string of the molecule is CCc1cc(OCC(=O)NCCCN2CCOCC2)nc2c1c(C)nn2-c1ccc(C)cc1. The Bertz CT molecular complexity index is 1090. The number of carbonyl (C=O) groups excluding carboxylic acids is 1. The smallest absolute Gasteiger partial charge is 0.258 e. The summed E-state index contributed by atoms with van der Waals surface area (Å²) >= 11 is 0. The van der Waals surface area contributed by atoms with E-state index >= 15 is 0 Å². The number of rotatable bonds is 9. The third-order valence-corrected chi connectivity index (χ3v) is 5.96. The number of hydrogen-bond acceptors (Lipinski definition) is 6. The van der Waals surface area contributed by atoms with Gasteiger partial charge in [0.1, 0.15) is 0 Å². The molecule has 2 aromatic heterocycles. The fraction of sp³-hybridized carbons (Fsp3) is 0.480. The molecule has 1 aliphatic heterocycles. The Morgan fingerprint density at radius 1 is 1.18 bits per heavy atom. The number of amides is 1. The first kappa shape index (κ1) is 23.2. The van der Waals surface area contributed by atoms with Crippen molar-refractivity contribution in [2.24, 2.45) is 0 Å². The van der Waals surface area contributed by atoms with Gasteiger partial charge in [0.25, 0.3) is 5.91 Å². The van der Waals surface area contributed by atoms with Crippen LogP contribution in [0.4, 0.5) is 0 Å². The molecule has 4 rings (SSSR count). The van der Waals surface area contributed by atoms with E-state index in [1.54, 1.807) is 0 Å². The van der Waals surface area contributed by atoms with Gasteiger partial charge < -0.3 is 14.8 Å². The quantitative estimate of drug-likeness (QED) is 0.504. The molecule has 33 heavy (non-hydrogen) atoms. The molecule has 176 valence electrons. The molecule has 8 heteroatoms. The minimum Gasteiger partial charge on any atom is -0.468 e. The van der Waals surface area contributed by atoms with E-state index in [2.05, 4.69) is 36.2 Å². The summed E-state index contributed by atoms with van der Waals surface area (Å²) in [6.07, 6.45) is 1.73. The first-order chi connectivity index (χ1) is 16.0. The highest BCUT2D eigenvalue weighted by atomic mass is 16.5. The molecule has 0 unspecified atom stereocenters. The molecule has 0 saturated carbocycles. The van der Waals surface area contributed by atoms with Gasteiger partial charge in [-0.2, -0.15) is 10.1 Å². The molecule has 1 aliphatic rings. The van der Waals surface area contributed by atoms with Crippen LogP contribution in [0.1, 0.15) is 30.2 Å². The number of pyridine rings is 1. The van der Waals surface area contributed by atoms with Crippen molar-refractivity contribution < 1.29 is 14.3 Å². The third-order valence-electron chi connectivity index (χ3n) is 5.96. The van der Waals surface area contributed by atoms with Crippen LogP contribution in [0.25, 0.3) is 16.7 Å². The Morgan fingerprint density at radius 3 is 2.67 bits per heavy atom. The van der Waals surface area contributed by atoms with Gasteiger partial charge in [0, 0.05) is 31.1 Å². The average Bonchev–Trinajstić information content (AvgIpc) is 3.17. The second kappa shape index (κ2) is 10.8. The molecular formula is C25H33N5O3. The van der Waals surface area contributed by atoms with Crippen LogP contribution in [0.2, 0.25) is 0 Å². The second-order valence-corrected chi connectivity index (χ2v) is 8.45. The number of nitrogens with one attached hydrogen (secondary N) is 1. The van der Waals surface area contributed by atoms with Crippen molar-refractivity contribution in [1.29, 1.82) is 0 Å². The number of aryl methyl sites for hydroxylation is 3. The van der Waals surface area contributed by atoms with Crippen LogP contribution in [0.15, 0.2) is 30.3 Å². The standard InChI is InChI=1S/C25H33N5O3/c1-4-20-16-23(33-17-22(31)26-10-5-11-29-12-14-32-15-13-29)27-25-24(20)19(3)28-30(25)21-8-6-18(2)7-9-21/h6-9,16H,4-5,10-15,17H2,1-3H3,(H,26,31). The Morgan fingerprint density at radius 2 is 1.94 bits per heavy atom. The molecule has 1 amide bonds. The van der Waals surface area contributed by atoms with Gasteiger partial charge in [-0.15, -0.1) is 0 Å². The fourth-order valence-corrected chi connectivity index (χ4v) is 4.12. The molecule has 0 spiro atoms. The van der Waals surface area contributed by atoms with Crippen molar-refractivity contribution in [3.8, 4) is 11.6 Å². The predicted molar refractivity (Wildman–Crippen MR) is 128 cm³/mol. The van der Waals surface area contributed by atoms with Crippen LogP contribution in [-0.2, 0) is 16.0 Å². The molecular weight excluding hydrogens is 418 g/mol. The Labute approximate surface area is 194 Å². The van der Waals surface area contributed by atoms with Gasteiger partial charge in [-0.1, -0.05) is 24.6 Å². The number of benzene rings is 1. The van der Waals surface area contributed by atoms with Crippen molar-refractivity contribution in [2.45, 2.75) is 33.6 Å². The zero-order valence-corrected chi connectivity index (χ0v) is 19.8. The highest BCUT2D eigenvalue weighted by molar-refractivity contribution is 5.84. The van der Waals surface area contributed by atoms with Gasteiger partial charge in [0.2, 0.25) is 5.88 Å². The van der Waals surface area contributed by atoms with Gasteiger partial charge in [-0.3, -0.25) is 9.69 Å². The molecule has 1 fully saturated rings. The van der Waals surface area contributed by atoms with E-state index in [9.17, 15) is 4.79 Å². The van der Waals surface area contributed by atoms with Crippen molar-refractivity contribution in [3.63, 3.8) is 0 Å². The van der Waals surface area contributed by atoms with E-state index in [1.807, 2.05) is 29.8 Å². The molecule has 1 N–H and O–H groups in total. The molecule has 1 aromatic carbocycles. The summed E-state index contributed by atoms with van der Waals surface area (Å²) in [7, 11) is 0. The highest BCUT2D eigenvalue weighted by Gasteiger charge is 2.17. The highest BCUT2D eigenvalue weighted by Crippen LogP contribution is 2.27. The number of nitrogens with zero attached hydrogens (tertiary/aromatic N) is 4. The summed E-state index contributed by atoms with van der Waals surface area (Å²) in [5, 5.41) is 8.71. The number of ether oxygens (including phenoxy) is 2. The number of aromatic nitrogens is 3. The Hall–Kier alpha value is -2.97. The normalized spacial score (nSPS) is 14.5. The zero-order valence-electron chi connectivity index (χ0n) is 19.8. The van der Waals surface area contributed by atoms with Crippen LogP contribution in [0.5, 0.6) is 5.88 Å². The van der Waals surface area contributed by atoms with Crippen LogP contribution in [0.3, 0.4) is 0 Å². The summed E-state index contributed by atoms with van der Waals surface area (Å²) in [4.78, 5) is 19.4. The molecule has 8 nitrogen and oxygen atoms in total.